The van der Waals surface area contributed by atoms with Gasteiger partial charge >= 0.3 is 0 Å². The number of rotatable bonds is 28. The lowest BCUT2D eigenvalue weighted by atomic mass is 10.2. The van der Waals surface area contributed by atoms with E-state index in [1.807, 2.05) is 7.05 Å². The molecule has 0 atom stereocenters. The van der Waals surface area contributed by atoms with Gasteiger partial charge in [0.1, 0.15) is 0 Å². The molecule has 0 rings (SSSR count). The lowest BCUT2D eigenvalue weighted by Crippen LogP contribution is -2.46. The third kappa shape index (κ3) is 21.6. The first kappa shape index (κ1) is 35.6. The van der Waals surface area contributed by atoms with E-state index >= 15 is 0 Å². The van der Waals surface area contributed by atoms with Crippen molar-refractivity contribution < 1.29 is 0 Å². The zero-order valence-electron chi connectivity index (χ0n) is 24.0. The molecule has 0 unspecified atom stereocenters. The van der Waals surface area contributed by atoms with Gasteiger partial charge < -0.3 is 38.9 Å². The van der Waals surface area contributed by atoms with Crippen molar-refractivity contribution in [2.75, 3.05) is 144 Å². The second kappa shape index (κ2) is 26.2. The molecule has 0 aromatic rings. The van der Waals surface area contributed by atoms with Gasteiger partial charge in [-0.3, -0.25) is 19.6 Å². The van der Waals surface area contributed by atoms with Gasteiger partial charge in [0.15, 0.2) is 0 Å². The van der Waals surface area contributed by atoms with Gasteiger partial charge in [0.25, 0.3) is 0 Å². The normalized spacial score (nSPS) is 12.3. The highest BCUT2D eigenvalue weighted by Crippen LogP contribution is 1.97. The minimum atomic E-state index is 0.673. The molecule has 11 N–H and O–H groups in total. The van der Waals surface area contributed by atoms with E-state index in [-0.39, 0.29) is 0 Å². The first-order valence-corrected chi connectivity index (χ1v) is 14.3. The SMILES string of the molecule is CNCCN(CCN(CCN)CCN)CCN(CCNCCN)CCN(CCN)CCNCC(C)C. The highest BCUT2D eigenvalue weighted by atomic mass is 15.2. The van der Waals surface area contributed by atoms with Crippen molar-refractivity contribution >= 4 is 0 Å². The van der Waals surface area contributed by atoms with Crippen LogP contribution in [0.3, 0.4) is 0 Å². The molecular weight excluding hydrogens is 454 g/mol. The van der Waals surface area contributed by atoms with E-state index in [0.717, 1.165) is 111 Å². The smallest absolute Gasteiger partial charge is 0.0110 e. The van der Waals surface area contributed by atoms with Crippen LogP contribution in [0.2, 0.25) is 0 Å². The molecule has 0 saturated heterocycles. The second-order valence-electron chi connectivity index (χ2n) is 9.97. The predicted molar refractivity (Wildman–Crippen MR) is 156 cm³/mol. The Bertz CT molecular complexity index is 436. The molecule has 11 nitrogen and oxygen atoms in total. The third-order valence-electron chi connectivity index (χ3n) is 6.29. The molecule has 0 fully saturated rings. The first-order chi connectivity index (χ1) is 17.5. The van der Waals surface area contributed by atoms with Crippen molar-refractivity contribution in [2.45, 2.75) is 13.8 Å². The van der Waals surface area contributed by atoms with Crippen molar-refractivity contribution in [1.29, 1.82) is 0 Å². The fourth-order valence-corrected chi connectivity index (χ4v) is 4.10. The molecule has 0 aliphatic heterocycles. The molecule has 11 heteroatoms. The van der Waals surface area contributed by atoms with Gasteiger partial charge in [-0.1, -0.05) is 13.8 Å². The average Bonchev–Trinajstić information content (AvgIpc) is 2.86. The molecule has 0 aromatic carbocycles. The number of likely N-dealkylation sites (N-methyl/N-ethyl adjacent to an activating group) is 1. The van der Waals surface area contributed by atoms with Gasteiger partial charge in [-0.25, -0.2) is 0 Å². The minimum Gasteiger partial charge on any atom is -0.329 e. The Morgan fingerprint density at radius 1 is 0.472 bits per heavy atom. The maximum Gasteiger partial charge on any atom is 0.0110 e. The van der Waals surface area contributed by atoms with E-state index in [1.54, 1.807) is 0 Å². The topological polar surface area (TPSA) is 153 Å². The Kier molecular flexibility index (Phi) is 25.9. The van der Waals surface area contributed by atoms with Crippen LogP contribution >= 0.6 is 0 Å². The Hall–Kier alpha value is -0.440. The number of nitrogens with zero attached hydrogens (tertiary/aromatic N) is 4. The summed E-state index contributed by atoms with van der Waals surface area (Å²) in [6.45, 7) is 24.1. The van der Waals surface area contributed by atoms with Crippen LogP contribution in [0.15, 0.2) is 0 Å². The van der Waals surface area contributed by atoms with Gasteiger partial charge in [-0.15, -0.1) is 0 Å². The summed E-state index contributed by atoms with van der Waals surface area (Å²) in [5.74, 6) is 0.674. The maximum atomic E-state index is 5.92. The average molecular weight is 518 g/mol. The van der Waals surface area contributed by atoms with E-state index in [4.69, 9.17) is 22.9 Å². The molecule has 36 heavy (non-hydrogen) atoms. The highest BCUT2D eigenvalue weighted by molar-refractivity contribution is 4.71. The van der Waals surface area contributed by atoms with Crippen molar-refractivity contribution in [2.24, 2.45) is 28.9 Å². The predicted octanol–water partition coefficient (Wildman–Crippen LogP) is -2.92. The number of nitrogens with two attached hydrogens (primary N) is 4. The lowest BCUT2D eigenvalue weighted by molar-refractivity contribution is 0.164. The lowest BCUT2D eigenvalue weighted by Gasteiger charge is -2.31. The fourth-order valence-electron chi connectivity index (χ4n) is 4.10. The van der Waals surface area contributed by atoms with Gasteiger partial charge in [0.2, 0.25) is 0 Å². The molecular formula is C25H63N11. The van der Waals surface area contributed by atoms with Crippen LogP contribution < -0.4 is 38.9 Å². The van der Waals surface area contributed by atoms with Crippen molar-refractivity contribution in [3.63, 3.8) is 0 Å². The highest BCUT2D eigenvalue weighted by Gasteiger charge is 2.13. The van der Waals surface area contributed by atoms with Crippen molar-refractivity contribution in [3.8, 4) is 0 Å². The molecule has 0 aromatic heterocycles. The second-order valence-corrected chi connectivity index (χ2v) is 9.97. The van der Waals surface area contributed by atoms with Crippen LogP contribution in [-0.2, 0) is 0 Å². The van der Waals surface area contributed by atoms with Crippen LogP contribution in [0.5, 0.6) is 0 Å². The van der Waals surface area contributed by atoms with E-state index in [0.29, 0.717) is 32.1 Å². The molecule has 0 heterocycles. The Labute approximate surface area is 223 Å². The molecule has 0 saturated carbocycles. The summed E-state index contributed by atoms with van der Waals surface area (Å²) in [6, 6.07) is 0. The Balaban J connectivity index is 4.87. The van der Waals surface area contributed by atoms with Crippen LogP contribution in [0, 0.1) is 5.92 Å². The van der Waals surface area contributed by atoms with Gasteiger partial charge in [0.05, 0.1) is 0 Å². The standard InChI is InChI=1S/C25H63N11/c1-25(2)24-32-11-17-34(14-7-29)19-21-36(16-10-31-8-4-26)23-22-35(15-9-30-3)20-18-33(12-5-27)13-6-28/h25,30-32H,4-24,26-29H2,1-3H3. The summed E-state index contributed by atoms with van der Waals surface area (Å²) in [5, 5.41) is 10.3. The van der Waals surface area contributed by atoms with E-state index in [9.17, 15) is 0 Å². The van der Waals surface area contributed by atoms with Gasteiger partial charge in [0, 0.05) is 131 Å². The molecule has 0 aliphatic rings. The summed E-state index contributed by atoms with van der Waals surface area (Å²) in [5.41, 5.74) is 23.2. The summed E-state index contributed by atoms with van der Waals surface area (Å²) in [6.07, 6.45) is 0. The summed E-state index contributed by atoms with van der Waals surface area (Å²) in [7, 11) is 2.02. The molecule has 218 valence electrons. The fraction of sp³-hybridized carbons (Fsp3) is 1.00. The monoisotopic (exact) mass is 518 g/mol. The molecule has 0 radical (unpaired) electrons. The van der Waals surface area contributed by atoms with E-state index in [2.05, 4.69) is 49.4 Å². The van der Waals surface area contributed by atoms with Crippen molar-refractivity contribution in [1.82, 2.24) is 35.6 Å². The van der Waals surface area contributed by atoms with Crippen LogP contribution in [0.25, 0.3) is 0 Å². The largest absolute Gasteiger partial charge is 0.329 e. The van der Waals surface area contributed by atoms with Crippen LogP contribution in [0.1, 0.15) is 13.8 Å². The molecule has 0 bridgehead atoms. The summed E-state index contributed by atoms with van der Waals surface area (Å²) < 4.78 is 0. The number of hydrogen-bond donors (Lipinski definition) is 7. The Morgan fingerprint density at radius 2 is 0.861 bits per heavy atom. The molecule has 0 aliphatic carbocycles. The third-order valence-corrected chi connectivity index (χ3v) is 6.29. The Morgan fingerprint density at radius 3 is 1.25 bits per heavy atom. The number of nitrogens with one attached hydrogen (secondary N) is 3. The molecule has 0 amide bonds. The van der Waals surface area contributed by atoms with Gasteiger partial charge in [-0.05, 0) is 19.5 Å². The van der Waals surface area contributed by atoms with E-state index < -0.39 is 0 Å². The zero-order chi connectivity index (χ0) is 26.9. The van der Waals surface area contributed by atoms with Gasteiger partial charge in [-0.2, -0.15) is 0 Å². The maximum absolute atomic E-state index is 5.92. The minimum absolute atomic E-state index is 0.673. The van der Waals surface area contributed by atoms with Crippen molar-refractivity contribution in [3.05, 3.63) is 0 Å². The molecule has 0 spiro atoms. The van der Waals surface area contributed by atoms with Crippen LogP contribution in [-0.4, -0.2) is 164 Å². The quantitative estimate of drug-likeness (QED) is 0.0534. The first-order valence-electron chi connectivity index (χ1n) is 14.3. The summed E-state index contributed by atoms with van der Waals surface area (Å²) in [4.78, 5) is 10.0. The zero-order valence-corrected chi connectivity index (χ0v) is 24.0. The summed E-state index contributed by atoms with van der Waals surface area (Å²) >= 11 is 0. The van der Waals surface area contributed by atoms with Crippen LogP contribution in [0.4, 0.5) is 0 Å². The van der Waals surface area contributed by atoms with E-state index in [1.165, 1.54) is 0 Å². The number of hydrogen-bond acceptors (Lipinski definition) is 11.